The Bertz CT molecular complexity index is 225. The van der Waals surface area contributed by atoms with Crippen LogP contribution in [0.3, 0.4) is 0 Å². The highest BCUT2D eigenvalue weighted by Gasteiger charge is 2.12. The number of methoxy groups -OCH3 is 1. The topological polar surface area (TPSA) is 44.8 Å². The van der Waals surface area contributed by atoms with Gasteiger partial charge in [-0.3, -0.25) is 0 Å². The van der Waals surface area contributed by atoms with Crippen molar-refractivity contribution in [3.63, 3.8) is 0 Å². The minimum Gasteiger partial charge on any atom is -0.462 e. The maximum atomic E-state index is 11.4. The van der Waals surface area contributed by atoms with Crippen molar-refractivity contribution in [3.05, 3.63) is 12.2 Å². The highest BCUT2D eigenvalue weighted by atomic mass is 16.7. The summed E-state index contributed by atoms with van der Waals surface area (Å²) in [6, 6.07) is 0. The molecule has 4 heteroatoms. The number of unbranched alkanes of at least 4 members (excludes halogenated alkanes) is 1. The van der Waals surface area contributed by atoms with Gasteiger partial charge in [0.05, 0.1) is 18.8 Å². The van der Waals surface area contributed by atoms with Crippen LogP contribution in [0.4, 0.5) is 0 Å². The molecule has 0 spiro atoms. The highest BCUT2D eigenvalue weighted by molar-refractivity contribution is 5.87. The van der Waals surface area contributed by atoms with E-state index in [2.05, 4.69) is 6.58 Å². The molecule has 1 unspecified atom stereocenters. The first kappa shape index (κ1) is 16.1. The second-order valence-corrected chi connectivity index (χ2v) is 3.86. The molecule has 0 amide bonds. The molecule has 4 nitrogen and oxygen atoms in total. The predicted molar refractivity (Wildman–Crippen MR) is 66.7 cm³/mol. The van der Waals surface area contributed by atoms with Crippen LogP contribution in [0.2, 0.25) is 0 Å². The zero-order chi connectivity index (χ0) is 13.1. The lowest BCUT2D eigenvalue weighted by Gasteiger charge is -2.15. The highest BCUT2D eigenvalue weighted by Crippen LogP contribution is 2.06. The molecule has 0 bridgehead atoms. The number of esters is 1. The molecule has 100 valence electrons. The van der Waals surface area contributed by atoms with Crippen LogP contribution >= 0.6 is 0 Å². The Morgan fingerprint density at radius 2 is 2.00 bits per heavy atom. The molecule has 0 aliphatic rings. The van der Waals surface area contributed by atoms with E-state index in [1.54, 1.807) is 7.11 Å². The minimum atomic E-state index is -0.384. The normalized spacial score (nSPS) is 12.2. The molecular weight excluding hydrogens is 220 g/mol. The van der Waals surface area contributed by atoms with E-state index in [1.807, 2.05) is 13.8 Å². The second kappa shape index (κ2) is 10.3. The summed E-state index contributed by atoms with van der Waals surface area (Å²) in [6.45, 7) is 8.33. The molecular formula is C13H24O4. The van der Waals surface area contributed by atoms with Gasteiger partial charge in [0.2, 0.25) is 0 Å². The molecule has 1 atom stereocenters. The molecule has 0 radical (unpaired) electrons. The Labute approximate surface area is 104 Å². The van der Waals surface area contributed by atoms with Crippen molar-refractivity contribution >= 4 is 5.97 Å². The van der Waals surface area contributed by atoms with Gasteiger partial charge in [-0.15, -0.1) is 0 Å². The van der Waals surface area contributed by atoms with E-state index in [9.17, 15) is 4.79 Å². The van der Waals surface area contributed by atoms with Crippen LogP contribution in [0.1, 0.15) is 39.5 Å². The van der Waals surface area contributed by atoms with E-state index in [4.69, 9.17) is 14.2 Å². The van der Waals surface area contributed by atoms with Gasteiger partial charge in [0.25, 0.3) is 0 Å². The fraction of sp³-hybridized carbons (Fsp3) is 0.769. The number of carbonyl (C=O) groups excluding carboxylic acids is 1. The van der Waals surface area contributed by atoms with Crippen molar-refractivity contribution in [1.82, 2.24) is 0 Å². The minimum absolute atomic E-state index is 0.156. The summed E-state index contributed by atoms with van der Waals surface area (Å²) < 4.78 is 15.5. The van der Waals surface area contributed by atoms with Crippen LogP contribution in [-0.2, 0) is 19.0 Å². The smallest absolute Gasteiger partial charge is 0.335 e. The van der Waals surface area contributed by atoms with E-state index in [1.165, 1.54) is 0 Å². The lowest BCUT2D eigenvalue weighted by molar-refractivity contribution is -0.144. The van der Waals surface area contributed by atoms with Gasteiger partial charge < -0.3 is 14.2 Å². The Morgan fingerprint density at radius 1 is 1.29 bits per heavy atom. The molecule has 0 N–H and O–H groups in total. The molecule has 0 aliphatic heterocycles. The van der Waals surface area contributed by atoms with Gasteiger partial charge in [-0.2, -0.15) is 0 Å². The number of rotatable bonds is 10. The van der Waals surface area contributed by atoms with Crippen molar-refractivity contribution in [2.24, 2.45) is 0 Å². The van der Waals surface area contributed by atoms with E-state index in [0.29, 0.717) is 12.2 Å². The van der Waals surface area contributed by atoms with Gasteiger partial charge in [-0.1, -0.05) is 33.3 Å². The van der Waals surface area contributed by atoms with Crippen molar-refractivity contribution < 1.29 is 19.0 Å². The maximum Gasteiger partial charge on any atom is 0.335 e. The molecule has 0 saturated heterocycles. The maximum absolute atomic E-state index is 11.4. The standard InChI is InChI=1S/C13H24O4/c1-5-7-9-16-13(14)11(3)10-17-12(15-4)8-6-2/h12H,3,5-10H2,1-2,4H3. The van der Waals surface area contributed by atoms with Crippen LogP contribution in [0, 0.1) is 0 Å². The van der Waals surface area contributed by atoms with Crippen LogP contribution in [-0.4, -0.2) is 32.6 Å². The summed E-state index contributed by atoms with van der Waals surface area (Å²) in [5.74, 6) is -0.384. The van der Waals surface area contributed by atoms with E-state index in [0.717, 1.165) is 25.7 Å². The average Bonchev–Trinajstić information content (AvgIpc) is 2.34. The first-order valence-corrected chi connectivity index (χ1v) is 6.14. The van der Waals surface area contributed by atoms with Gasteiger partial charge in [-0.05, 0) is 12.8 Å². The molecule has 17 heavy (non-hydrogen) atoms. The molecule has 0 aromatic carbocycles. The lowest BCUT2D eigenvalue weighted by atomic mass is 10.3. The Morgan fingerprint density at radius 3 is 2.53 bits per heavy atom. The van der Waals surface area contributed by atoms with Crippen molar-refractivity contribution in [1.29, 1.82) is 0 Å². The molecule has 0 aliphatic carbocycles. The third-order valence-corrected chi connectivity index (χ3v) is 2.25. The first-order valence-electron chi connectivity index (χ1n) is 6.14. The van der Waals surface area contributed by atoms with Crippen LogP contribution in [0.25, 0.3) is 0 Å². The third-order valence-electron chi connectivity index (χ3n) is 2.25. The molecule has 0 aromatic rings. The van der Waals surface area contributed by atoms with Crippen LogP contribution in [0.15, 0.2) is 12.2 Å². The van der Waals surface area contributed by atoms with Crippen molar-refractivity contribution in [3.8, 4) is 0 Å². The zero-order valence-corrected chi connectivity index (χ0v) is 11.2. The summed E-state index contributed by atoms with van der Waals surface area (Å²) >= 11 is 0. The van der Waals surface area contributed by atoms with Gasteiger partial charge in [-0.25, -0.2) is 4.79 Å². The second-order valence-electron chi connectivity index (χ2n) is 3.86. The summed E-state index contributed by atoms with van der Waals surface area (Å²) in [7, 11) is 1.59. The summed E-state index contributed by atoms with van der Waals surface area (Å²) in [6.07, 6.45) is 3.36. The van der Waals surface area contributed by atoms with E-state index < -0.39 is 0 Å². The molecule has 0 rings (SSSR count). The summed E-state index contributed by atoms with van der Waals surface area (Å²) in [5.41, 5.74) is 0.333. The zero-order valence-electron chi connectivity index (χ0n) is 11.2. The lowest BCUT2D eigenvalue weighted by Crippen LogP contribution is -2.19. The van der Waals surface area contributed by atoms with Gasteiger partial charge in [0.15, 0.2) is 6.29 Å². The molecule has 0 aromatic heterocycles. The Kier molecular flexibility index (Phi) is 9.77. The quantitative estimate of drug-likeness (QED) is 0.256. The summed E-state index contributed by atoms with van der Waals surface area (Å²) in [5, 5.41) is 0. The van der Waals surface area contributed by atoms with Crippen LogP contribution in [0.5, 0.6) is 0 Å². The van der Waals surface area contributed by atoms with Crippen molar-refractivity contribution in [2.45, 2.75) is 45.8 Å². The largest absolute Gasteiger partial charge is 0.462 e. The number of hydrogen-bond acceptors (Lipinski definition) is 4. The fourth-order valence-corrected chi connectivity index (χ4v) is 1.17. The SMILES string of the molecule is C=C(COC(CCC)OC)C(=O)OCCCC. The number of carbonyl (C=O) groups is 1. The molecule has 0 saturated carbocycles. The Balaban J connectivity index is 3.79. The van der Waals surface area contributed by atoms with Crippen molar-refractivity contribution in [2.75, 3.05) is 20.3 Å². The van der Waals surface area contributed by atoms with E-state index in [-0.39, 0.29) is 18.9 Å². The number of ether oxygens (including phenoxy) is 3. The average molecular weight is 244 g/mol. The first-order chi connectivity index (χ1) is 8.15. The summed E-state index contributed by atoms with van der Waals surface area (Å²) in [4.78, 5) is 11.4. The van der Waals surface area contributed by atoms with Gasteiger partial charge in [0.1, 0.15) is 0 Å². The molecule has 0 heterocycles. The number of hydrogen-bond donors (Lipinski definition) is 0. The van der Waals surface area contributed by atoms with Crippen LogP contribution < -0.4 is 0 Å². The Hall–Kier alpha value is -0.870. The molecule has 0 fully saturated rings. The van der Waals surface area contributed by atoms with Gasteiger partial charge >= 0.3 is 5.97 Å². The van der Waals surface area contributed by atoms with Gasteiger partial charge in [0, 0.05) is 7.11 Å². The monoisotopic (exact) mass is 244 g/mol. The predicted octanol–water partition coefficient (Wildman–Crippen LogP) is 2.68. The fourth-order valence-electron chi connectivity index (χ4n) is 1.17. The third kappa shape index (κ3) is 7.94. The van der Waals surface area contributed by atoms with E-state index >= 15 is 0 Å².